The van der Waals surface area contributed by atoms with E-state index < -0.39 is 0 Å². The van der Waals surface area contributed by atoms with Crippen LogP contribution in [0.5, 0.6) is 0 Å². The van der Waals surface area contributed by atoms with Gasteiger partial charge in [-0.15, -0.1) is 11.8 Å². The smallest absolute Gasteiger partial charge is 0.254 e. The molecule has 0 aliphatic carbocycles. The number of benzene rings is 1. The minimum atomic E-state index is -0.164. The maximum atomic E-state index is 13.0. The molecule has 30 heavy (non-hydrogen) atoms. The number of hydrogen-bond donors (Lipinski definition) is 1. The van der Waals surface area contributed by atoms with Gasteiger partial charge in [0.15, 0.2) is 0 Å². The summed E-state index contributed by atoms with van der Waals surface area (Å²) in [5.41, 5.74) is 3.41. The van der Waals surface area contributed by atoms with Crippen molar-refractivity contribution in [3.05, 3.63) is 75.8 Å². The van der Waals surface area contributed by atoms with Crippen LogP contribution in [0.4, 0.5) is 0 Å². The number of aryl methyl sites for hydroxylation is 2. The summed E-state index contributed by atoms with van der Waals surface area (Å²) in [6.45, 7) is 4.23. The second kappa shape index (κ2) is 10.1. The van der Waals surface area contributed by atoms with Gasteiger partial charge >= 0.3 is 0 Å². The van der Waals surface area contributed by atoms with Crippen molar-refractivity contribution in [2.75, 3.05) is 20.6 Å². The van der Waals surface area contributed by atoms with Crippen LogP contribution in [0.2, 0.25) is 5.02 Å². The van der Waals surface area contributed by atoms with Gasteiger partial charge in [-0.05, 0) is 51.7 Å². The molecule has 0 aliphatic rings. The van der Waals surface area contributed by atoms with E-state index in [1.807, 2.05) is 57.1 Å². The van der Waals surface area contributed by atoms with Crippen molar-refractivity contribution in [3.63, 3.8) is 0 Å². The first-order chi connectivity index (χ1) is 14.4. The van der Waals surface area contributed by atoms with E-state index in [9.17, 15) is 4.79 Å². The van der Waals surface area contributed by atoms with E-state index in [-0.39, 0.29) is 11.9 Å². The molecule has 0 saturated heterocycles. The van der Waals surface area contributed by atoms with Crippen molar-refractivity contribution in [2.24, 2.45) is 0 Å². The molecule has 3 rings (SSSR count). The summed E-state index contributed by atoms with van der Waals surface area (Å²) in [5.74, 6) is 1.26. The first-order valence-corrected chi connectivity index (χ1v) is 10.9. The van der Waals surface area contributed by atoms with Crippen LogP contribution in [0.15, 0.2) is 52.1 Å². The second-order valence-corrected chi connectivity index (χ2v) is 8.53. The molecule has 3 aromatic rings. The van der Waals surface area contributed by atoms with Crippen LogP contribution < -0.4 is 5.32 Å². The zero-order valence-corrected chi connectivity index (χ0v) is 19.0. The minimum absolute atomic E-state index is 0.0438. The highest BCUT2D eigenvalue weighted by molar-refractivity contribution is 7.98. The maximum absolute atomic E-state index is 13.0. The fraction of sp³-hybridized carbons (Fsp3) is 0.318. The average molecular weight is 445 g/mol. The molecule has 8 heteroatoms. The van der Waals surface area contributed by atoms with Crippen LogP contribution in [-0.4, -0.2) is 41.6 Å². The van der Waals surface area contributed by atoms with Crippen LogP contribution in [0.1, 0.15) is 39.0 Å². The van der Waals surface area contributed by atoms with Crippen molar-refractivity contribution < 1.29 is 9.32 Å². The third kappa shape index (κ3) is 5.22. The Balaban J connectivity index is 1.72. The highest BCUT2D eigenvalue weighted by Gasteiger charge is 2.20. The van der Waals surface area contributed by atoms with Crippen molar-refractivity contribution in [1.29, 1.82) is 0 Å². The summed E-state index contributed by atoms with van der Waals surface area (Å²) < 4.78 is 5.22. The Bertz CT molecular complexity index is 1000. The molecule has 0 fully saturated rings. The number of thioether (sulfide) groups is 1. The van der Waals surface area contributed by atoms with Crippen LogP contribution in [0, 0.1) is 13.8 Å². The van der Waals surface area contributed by atoms with Gasteiger partial charge in [0.05, 0.1) is 17.3 Å². The van der Waals surface area contributed by atoms with Crippen molar-refractivity contribution in [1.82, 2.24) is 20.4 Å². The lowest BCUT2D eigenvalue weighted by molar-refractivity contribution is 0.0938. The average Bonchev–Trinajstić information content (AvgIpc) is 3.05. The standard InChI is InChI=1S/C22H25ClN4O2S/c1-14-18(15(2)29-26-14)13-30-22-17(9-7-11-24-22)21(28)25-12-20(27(3)4)16-8-5-6-10-19(16)23/h5-11,20H,12-13H2,1-4H3,(H,25,28). The quantitative estimate of drug-likeness (QED) is 0.509. The maximum Gasteiger partial charge on any atom is 0.254 e. The molecule has 0 bridgehead atoms. The van der Waals surface area contributed by atoms with Crippen LogP contribution in [0.3, 0.4) is 0 Å². The molecule has 0 spiro atoms. The molecule has 1 atom stereocenters. The number of carbonyl (C=O) groups is 1. The largest absolute Gasteiger partial charge is 0.361 e. The van der Waals surface area contributed by atoms with Gasteiger partial charge < -0.3 is 14.7 Å². The van der Waals surface area contributed by atoms with Gasteiger partial charge in [0.1, 0.15) is 10.8 Å². The molecule has 1 unspecified atom stereocenters. The highest BCUT2D eigenvalue weighted by atomic mass is 35.5. The summed E-state index contributed by atoms with van der Waals surface area (Å²) in [5, 5.41) is 8.38. The zero-order valence-electron chi connectivity index (χ0n) is 17.5. The molecule has 6 nitrogen and oxygen atoms in total. The van der Waals surface area contributed by atoms with Crippen LogP contribution in [-0.2, 0) is 5.75 Å². The van der Waals surface area contributed by atoms with Gasteiger partial charge in [0, 0.05) is 29.1 Å². The Morgan fingerprint density at radius 3 is 2.67 bits per heavy atom. The number of rotatable bonds is 8. The number of pyridine rings is 1. The molecule has 0 saturated carbocycles. The Morgan fingerprint density at radius 1 is 1.23 bits per heavy atom. The third-order valence-corrected chi connectivity index (χ3v) is 6.27. The van der Waals surface area contributed by atoms with Gasteiger partial charge in [0.2, 0.25) is 0 Å². The van der Waals surface area contributed by atoms with Gasteiger partial charge in [-0.2, -0.15) is 0 Å². The highest BCUT2D eigenvalue weighted by Crippen LogP contribution is 2.28. The fourth-order valence-corrected chi connectivity index (χ4v) is 4.53. The van der Waals surface area contributed by atoms with Crippen LogP contribution in [0.25, 0.3) is 0 Å². The Kier molecular flexibility index (Phi) is 7.53. The SMILES string of the molecule is Cc1noc(C)c1CSc1ncccc1C(=O)NCC(c1ccccc1Cl)N(C)C. The summed E-state index contributed by atoms with van der Waals surface area (Å²) >= 11 is 7.87. The number of amides is 1. The third-order valence-electron chi connectivity index (χ3n) is 4.89. The molecule has 0 aliphatic heterocycles. The normalized spacial score (nSPS) is 12.2. The number of aromatic nitrogens is 2. The number of hydrogen-bond acceptors (Lipinski definition) is 6. The summed E-state index contributed by atoms with van der Waals surface area (Å²) in [7, 11) is 3.93. The monoisotopic (exact) mass is 444 g/mol. The first kappa shape index (κ1) is 22.3. The zero-order chi connectivity index (χ0) is 21.7. The van der Waals surface area contributed by atoms with Crippen molar-refractivity contribution in [2.45, 2.75) is 30.7 Å². The molecular formula is C22H25ClN4O2S. The van der Waals surface area contributed by atoms with E-state index in [4.69, 9.17) is 16.1 Å². The molecule has 1 aromatic carbocycles. The number of likely N-dealkylation sites (N-methyl/N-ethyl adjacent to an activating group) is 1. The molecular weight excluding hydrogens is 420 g/mol. The molecule has 1 amide bonds. The summed E-state index contributed by atoms with van der Waals surface area (Å²) in [6, 6.07) is 11.2. The Hall–Kier alpha value is -2.35. The second-order valence-electron chi connectivity index (χ2n) is 7.16. The van der Waals surface area contributed by atoms with E-state index in [0.29, 0.717) is 27.9 Å². The predicted octanol–water partition coefficient (Wildman–Crippen LogP) is 4.66. The fourth-order valence-electron chi connectivity index (χ4n) is 3.13. The molecule has 2 aromatic heterocycles. The first-order valence-electron chi connectivity index (χ1n) is 9.57. The van der Waals surface area contributed by atoms with Gasteiger partial charge in [-0.25, -0.2) is 4.98 Å². The van der Waals surface area contributed by atoms with Crippen LogP contribution >= 0.6 is 23.4 Å². The number of nitrogens with one attached hydrogen (secondary N) is 1. The van der Waals surface area contributed by atoms with Gasteiger partial charge in [0.25, 0.3) is 5.91 Å². The number of carbonyl (C=O) groups excluding carboxylic acids is 1. The Morgan fingerprint density at radius 2 is 2.00 bits per heavy atom. The van der Waals surface area contributed by atoms with Crippen molar-refractivity contribution in [3.8, 4) is 0 Å². The lowest BCUT2D eigenvalue weighted by Crippen LogP contribution is -2.35. The van der Waals surface area contributed by atoms with E-state index in [2.05, 4.69) is 15.5 Å². The van der Waals surface area contributed by atoms with Crippen molar-refractivity contribution >= 4 is 29.3 Å². The Labute approximate surface area is 186 Å². The summed E-state index contributed by atoms with van der Waals surface area (Å²) in [4.78, 5) is 19.4. The minimum Gasteiger partial charge on any atom is -0.361 e. The van der Waals surface area contributed by atoms with E-state index in [1.165, 1.54) is 11.8 Å². The number of nitrogens with zero attached hydrogens (tertiary/aromatic N) is 3. The van der Waals surface area contributed by atoms with Gasteiger partial charge in [-0.3, -0.25) is 4.79 Å². The lowest BCUT2D eigenvalue weighted by Gasteiger charge is -2.26. The topological polar surface area (TPSA) is 71.3 Å². The predicted molar refractivity (Wildman–Crippen MR) is 120 cm³/mol. The molecule has 1 N–H and O–H groups in total. The lowest BCUT2D eigenvalue weighted by atomic mass is 10.1. The van der Waals surface area contributed by atoms with E-state index in [1.54, 1.807) is 18.3 Å². The summed E-state index contributed by atoms with van der Waals surface area (Å²) in [6.07, 6.45) is 1.69. The number of halogens is 1. The van der Waals surface area contributed by atoms with E-state index in [0.717, 1.165) is 22.6 Å². The molecule has 158 valence electrons. The van der Waals surface area contributed by atoms with Gasteiger partial charge in [-0.1, -0.05) is 35.0 Å². The molecule has 0 radical (unpaired) electrons. The van der Waals surface area contributed by atoms with E-state index >= 15 is 0 Å². The molecule has 2 heterocycles.